The van der Waals surface area contributed by atoms with Gasteiger partial charge in [0.2, 0.25) is 0 Å². The molecule has 0 fully saturated rings. The number of nitrogens with zero attached hydrogens (tertiary/aromatic N) is 1. The molecule has 0 aliphatic heterocycles. The van der Waals surface area contributed by atoms with Gasteiger partial charge in [0.15, 0.2) is 0 Å². The van der Waals surface area contributed by atoms with E-state index in [-0.39, 0.29) is 12.0 Å². The fourth-order valence-corrected chi connectivity index (χ4v) is 1.29. The number of hydrogen-bond acceptors (Lipinski definition) is 3. The Bertz CT molecular complexity index is 141. The Kier molecular flexibility index (Phi) is 10.1. The summed E-state index contributed by atoms with van der Waals surface area (Å²) in [5.74, 6) is -0.499. The zero-order valence-corrected chi connectivity index (χ0v) is 9.95. The van der Waals surface area contributed by atoms with E-state index in [0.29, 0.717) is 0 Å². The molecule has 0 aromatic rings. The Labute approximate surface area is 87.1 Å². The van der Waals surface area contributed by atoms with Crippen LogP contribution in [0.3, 0.4) is 0 Å². The van der Waals surface area contributed by atoms with E-state index in [2.05, 4.69) is 5.73 Å². The Morgan fingerprint density at radius 2 is 1.86 bits per heavy atom. The van der Waals surface area contributed by atoms with Crippen LogP contribution in [0.4, 0.5) is 0 Å². The van der Waals surface area contributed by atoms with Gasteiger partial charge in [-0.1, -0.05) is 27.2 Å². The van der Waals surface area contributed by atoms with Crippen LogP contribution in [-0.4, -0.2) is 42.7 Å². The van der Waals surface area contributed by atoms with E-state index in [1.807, 2.05) is 32.7 Å². The summed E-state index contributed by atoms with van der Waals surface area (Å²) in [7, 11) is 3.35. The van der Waals surface area contributed by atoms with Gasteiger partial charge in [-0.05, 0) is 26.6 Å². The summed E-state index contributed by atoms with van der Waals surface area (Å²) in [4.78, 5) is 12.7. The van der Waals surface area contributed by atoms with Crippen molar-refractivity contribution in [2.45, 2.75) is 33.2 Å². The number of rotatable bonds is 5. The standard InChI is InChI=1S/C9H19NO2.CH5N/c1-5-7(3)8(9(11)12)10(4)6-2;1-2/h7-8H,5-6H2,1-4H3,(H,11,12);2H2,1H3. The predicted octanol–water partition coefficient (Wildman–Crippen LogP) is 1.01. The molecule has 0 amide bonds. The molecule has 0 saturated heterocycles. The second kappa shape index (κ2) is 8.97. The van der Waals surface area contributed by atoms with Gasteiger partial charge in [-0.15, -0.1) is 0 Å². The normalized spacial score (nSPS) is 14.2. The molecule has 0 aliphatic carbocycles. The van der Waals surface area contributed by atoms with Crippen molar-refractivity contribution in [3.05, 3.63) is 0 Å². The second-order valence-corrected chi connectivity index (χ2v) is 3.24. The maximum atomic E-state index is 10.9. The van der Waals surface area contributed by atoms with E-state index in [1.165, 1.54) is 7.05 Å². The van der Waals surface area contributed by atoms with Crippen LogP contribution in [0, 0.1) is 5.92 Å². The smallest absolute Gasteiger partial charge is 0.321 e. The van der Waals surface area contributed by atoms with Crippen LogP contribution in [0.1, 0.15) is 27.2 Å². The molecule has 0 aromatic heterocycles. The number of carboxylic acids is 1. The fourth-order valence-electron chi connectivity index (χ4n) is 1.29. The lowest BCUT2D eigenvalue weighted by atomic mass is 9.98. The van der Waals surface area contributed by atoms with E-state index in [4.69, 9.17) is 5.11 Å². The van der Waals surface area contributed by atoms with E-state index in [9.17, 15) is 4.79 Å². The van der Waals surface area contributed by atoms with Gasteiger partial charge < -0.3 is 10.8 Å². The van der Waals surface area contributed by atoms with Gasteiger partial charge in [-0.2, -0.15) is 0 Å². The van der Waals surface area contributed by atoms with E-state index in [1.54, 1.807) is 0 Å². The molecule has 2 atom stereocenters. The second-order valence-electron chi connectivity index (χ2n) is 3.24. The van der Waals surface area contributed by atoms with E-state index < -0.39 is 5.97 Å². The predicted molar refractivity (Wildman–Crippen MR) is 59.3 cm³/mol. The molecular weight excluding hydrogens is 180 g/mol. The molecule has 4 heteroatoms. The zero-order valence-electron chi connectivity index (χ0n) is 9.95. The van der Waals surface area contributed by atoms with Gasteiger partial charge in [-0.25, -0.2) is 0 Å². The van der Waals surface area contributed by atoms with Crippen molar-refractivity contribution in [2.75, 3.05) is 20.6 Å². The Balaban J connectivity index is 0. The fraction of sp³-hybridized carbons (Fsp3) is 0.900. The summed E-state index contributed by atoms with van der Waals surface area (Å²) in [6.07, 6.45) is 0.904. The first-order chi connectivity index (χ1) is 6.54. The van der Waals surface area contributed by atoms with Crippen LogP contribution in [0.25, 0.3) is 0 Å². The first kappa shape index (κ1) is 15.8. The average molecular weight is 204 g/mol. The number of likely N-dealkylation sites (N-methyl/N-ethyl adjacent to an activating group) is 1. The minimum atomic E-state index is -0.714. The van der Waals surface area contributed by atoms with Crippen LogP contribution in [0.2, 0.25) is 0 Å². The average Bonchev–Trinajstić information content (AvgIpc) is 2.20. The quantitative estimate of drug-likeness (QED) is 0.701. The van der Waals surface area contributed by atoms with Crippen LogP contribution < -0.4 is 5.73 Å². The van der Waals surface area contributed by atoms with Gasteiger partial charge in [0.05, 0.1) is 0 Å². The van der Waals surface area contributed by atoms with Gasteiger partial charge in [0, 0.05) is 0 Å². The number of hydrogen-bond donors (Lipinski definition) is 2. The largest absolute Gasteiger partial charge is 0.480 e. The molecule has 0 aromatic carbocycles. The maximum Gasteiger partial charge on any atom is 0.321 e. The van der Waals surface area contributed by atoms with Crippen molar-refractivity contribution in [3.8, 4) is 0 Å². The summed E-state index contributed by atoms with van der Waals surface area (Å²) >= 11 is 0. The van der Waals surface area contributed by atoms with E-state index >= 15 is 0 Å². The highest BCUT2D eigenvalue weighted by Gasteiger charge is 2.26. The summed E-state index contributed by atoms with van der Waals surface area (Å²) in [5, 5.41) is 8.93. The van der Waals surface area contributed by atoms with Crippen LogP contribution in [0.5, 0.6) is 0 Å². The van der Waals surface area contributed by atoms with Crippen molar-refractivity contribution in [1.82, 2.24) is 4.90 Å². The summed E-state index contributed by atoms with van der Waals surface area (Å²) in [6.45, 7) is 6.74. The molecule has 86 valence electrons. The Morgan fingerprint density at radius 1 is 1.43 bits per heavy atom. The van der Waals surface area contributed by atoms with Gasteiger partial charge >= 0.3 is 5.97 Å². The third-order valence-corrected chi connectivity index (χ3v) is 2.41. The van der Waals surface area contributed by atoms with Crippen molar-refractivity contribution in [3.63, 3.8) is 0 Å². The molecule has 0 saturated carbocycles. The number of aliphatic carboxylic acids is 1. The number of carbonyl (C=O) groups is 1. The number of nitrogens with two attached hydrogens (primary N) is 1. The molecule has 14 heavy (non-hydrogen) atoms. The Hall–Kier alpha value is -0.610. The minimum absolute atomic E-state index is 0.215. The SMILES string of the molecule is CCC(C)C(C(=O)O)N(C)CC.CN. The third kappa shape index (κ3) is 5.19. The lowest BCUT2D eigenvalue weighted by Gasteiger charge is -2.27. The van der Waals surface area contributed by atoms with Crippen molar-refractivity contribution < 1.29 is 9.90 Å². The number of carboxylic acid groups (broad SMARTS) is 1. The van der Waals surface area contributed by atoms with Crippen LogP contribution in [0.15, 0.2) is 0 Å². The highest BCUT2D eigenvalue weighted by atomic mass is 16.4. The topological polar surface area (TPSA) is 66.6 Å². The van der Waals surface area contributed by atoms with Crippen LogP contribution in [-0.2, 0) is 4.79 Å². The zero-order chi connectivity index (χ0) is 11.7. The summed E-state index contributed by atoms with van der Waals surface area (Å²) in [6, 6.07) is -0.333. The van der Waals surface area contributed by atoms with Crippen LogP contribution >= 0.6 is 0 Å². The monoisotopic (exact) mass is 204 g/mol. The first-order valence-electron chi connectivity index (χ1n) is 5.05. The van der Waals surface area contributed by atoms with Gasteiger partial charge in [0.1, 0.15) is 6.04 Å². The first-order valence-corrected chi connectivity index (χ1v) is 5.05. The Morgan fingerprint density at radius 3 is 2.07 bits per heavy atom. The molecule has 0 spiro atoms. The van der Waals surface area contributed by atoms with E-state index in [0.717, 1.165) is 13.0 Å². The third-order valence-electron chi connectivity index (χ3n) is 2.41. The van der Waals surface area contributed by atoms with Gasteiger partial charge in [-0.3, -0.25) is 9.69 Å². The summed E-state index contributed by atoms with van der Waals surface area (Å²) < 4.78 is 0. The molecule has 4 nitrogen and oxygen atoms in total. The van der Waals surface area contributed by atoms with Crippen molar-refractivity contribution >= 4 is 5.97 Å². The maximum absolute atomic E-state index is 10.9. The molecular formula is C10H24N2O2. The molecule has 0 aliphatic rings. The van der Waals surface area contributed by atoms with Crippen molar-refractivity contribution in [2.24, 2.45) is 11.7 Å². The lowest BCUT2D eigenvalue weighted by molar-refractivity contribution is -0.144. The van der Waals surface area contributed by atoms with Gasteiger partial charge in [0.25, 0.3) is 0 Å². The molecule has 2 unspecified atom stereocenters. The highest BCUT2D eigenvalue weighted by molar-refractivity contribution is 5.73. The highest BCUT2D eigenvalue weighted by Crippen LogP contribution is 2.13. The van der Waals surface area contributed by atoms with Crippen molar-refractivity contribution in [1.29, 1.82) is 0 Å². The minimum Gasteiger partial charge on any atom is -0.480 e. The summed E-state index contributed by atoms with van der Waals surface area (Å²) in [5.41, 5.74) is 4.50. The molecule has 0 bridgehead atoms. The molecule has 3 N–H and O–H groups in total. The molecule has 0 radical (unpaired) electrons. The molecule has 0 heterocycles. The lowest BCUT2D eigenvalue weighted by Crippen LogP contribution is -2.42. The molecule has 0 rings (SSSR count).